The fourth-order valence-electron chi connectivity index (χ4n) is 8.79. The summed E-state index contributed by atoms with van der Waals surface area (Å²) < 4.78 is 47.4. The molecule has 0 amide bonds. The number of carbonyl (C=O) groups excluding carboxylic acids is 1. The van der Waals surface area contributed by atoms with Crippen LogP contribution < -0.4 is 14.2 Å². The molecule has 0 spiro atoms. The van der Waals surface area contributed by atoms with E-state index in [1.807, 2.05) is 0 Å². The van der Waals surface area contributed by atoms with E-state index in [-0.39, 0.29) is 46.0 Å². The third-order valence-electron chi connectivity index (χ3n) is 13.0. The maximum atomic E-state index is 13.3. The van der Waals surface area contributed by atoms with Gasteiger partial charge in [-0.15, -0.1) is 0 Å². The summed E-state index contributed by atoms with van der Waals surface area (Å²) in [7, 11) is 0. The van der Waals surface area contributed by atoms with E-state index in [1.165, 1.54) is 75.6 Å². The highest BCUT2D eigenvalue weighted by Crippen LogP contribution is 2.44. The summed E-state index contributed by atoms with van der Waals surface area (Å²) in [5.74, 6) is -2.71. The van der Waals surface area contributed by atoms with Gasteiger partial charge in [0.1, 0.15) is 84.0 Å². The number of fused-ring (bicyclic) bond motifs is 1. The SMILES string of the molecule is CCCCCCCCCCCCCCCC(=O)Oc1cc(O[C@@H]2O[C@H](CO)[C@@H](O)[C@H](O)[C@H]2O)c2cc(O[C@@H]3O[C@H](CO)[C@@H](O)[C@H](O)[C@H]3O[C@@H]3O[C@H](CO)[C@@H](O)[C@H](O)[C@H]3O)c(-c3ccc(O)c(O)c3)[o+]c2c1. The van der Waals surface area contributed by atoms with Crippen molar-refractivity contribution in [2.75, 3.05) is 19.8 Å². The first-order valence-corrected chi connectivity index (χ1v) is 24.5. The number of hydrogen-bond donors (Lipinski definition) is 13. The number of aliphatic hydroxyl groups is 11. The van der Waals surface area contributed by atoms with Crippen molar-refractivity contribution in [3.8, 4) is 40.1 Å². The van der Waals surface area contributed by atoms with Crippen molar-refractivity contribution in [2.24, 2.45) is 0 Å². The molecule has 0 saturated carbocycles. The minimum absolute atomic E-state index is 0.0277. The maximum absolute atomic E-state index is 13.3. The molecule has 22 heteroatoms. The van der Waals surface area contributed by atoms with Crippen LogP contribution in [0, 0.1) is 0 Å². The van der Waals surface area contributed by atoms with E-state index in [0.717, 1.165) is 37.8 Å². The lowest BCUT2D eigenvalue weighted by atomic mass is 9.97. The van der Waals surface area contributed by atoms with Gasteiger partial charge < -0.3 is 99.5 Å². The molecule has 0 aliphatic carbocycles. The van der Waals surface area contributed by atoms with E-state index < -0.39 is 129 Å². The molecule has 3 aromatic rings. The Balaban J connectivity index is 1.31. The highest BCUT2D eigenvalue weighted by Gasteiger charge is 2.52. The molecule has 71 heavy (non-hydrogen) atoms. The monoisotopic (exact) mass is 1010 g/mol. The zero-order chi connectivity index (χ0) is 51.4. The van der Waals surface area contributed by atoms with Crippen LogP contribution in [0.15, 0.2) is 40.8 Å². The van der Waals surface area contributed by atoms with Gasteiger partial charge in [-0.3, -0.25) is 4.79 Å². The molecule has 0 unspecified atom stereocenters. The fraction of sp³-hybridized carbons (Fsp3) is 0.673. The van der Waals surface area contributed by atoms with Gasteiger partial charge in [0.2, 0.25) is 18.3 Å². The number of phenols is 2. The summed E-state index contributed by atoms with van der Waals surface area (Å²) in [6.07, 6.45) is -12.3. The maximum Gasteiger partial charge on any atom is 0.402 e. The number of aromatic hydroxyl groups is 2. The number of rotatable bonds is 25. The van der Waals surface area contributed by atoms with Crippen LogP contribution in [-0.2, 0) is 23.7 Å². The largest absolute Gasteiger partial charge is 0.504 e. The lowest BCUT2D eigenvalue weighted by Crippen LogP contribution is -2.65. The number of phenolic OH excluding ortho intramolecular Hbond substituents is 2. The summed E-state index contributed by atoms with van der Waals surface area (Å²) in [4.78, 5) is 13.3. The van der Waals surface area contributed by atoms with Crippen LogP contribution in [0.5, 0.6) is 28.7 Å². The van der Waals surface area contributed by atoms with Crippen LogP contribution in [0.4, 0.5) is 0 Å². The van der Waals surface area contributed by atoms with Gasteiger partial charge in [0.05, 0.1) is 31.5 Å². The van der Waals surface area contributed by atoms with E-state index >= 15 is 0 Å². The first-order chi connectivity index (χ1) is 34.1. The third-order valence-corrected chi connectivity index (χ3v) is 13.0. The van der Waals surface area contributed by atoms with Crippen LogP contribution in [0.3, 0.4) is 0 Å². The first kappa shape index (κ1) is 56.2. The van der Waals surface area contributed by atoms with Crippen LogP contribution >= 0.6 is 0 Å². The van der Waals surface area contributed by atoms with Gasteiger partial charge in [0.15, 0.2) is 23.9 Å². The number of esters is 1. The molecule has 3 saturated heterocycles. The molecule has 13 N–H and O–H groups in total. The Morgan fingerprint density at radius 3 is 1.62 bits per heavy atom. The van der Waals surface area contributed by atoms with Crippen molar-refractivity contribution in [3.05, 3.63) is 36.4 Å². The number of carbonyl (C=O) groups is 1. The number of aliphatic hydroxyl groups excluding tert-OH is 11. The van der Waals surface area contributed by atoms with Crippen molar-refractivity contribution in [3.63, 3.8) is 0 Å². The predicted octanol–water partition coefficient (Wildman–Crippen LogP) is 1.36. The molecule has 3 aliphatic heterocycles. The van der Waals surface area contributed by atoms with E-state index in [2.05, 4.69) is 6.92 Å². The Morgan fingerprint density at radius 1 is 0.549 bits per heavy atom. The Morgan fingerprint density at radius 2 is 1.06 bits per heavy atom. The van der Waals surface area contributed by atoms with Crippen LogP contribution in [-0.4, -0.2) is 184 Å². The molecule has 3 fully saturated rings. The van der Waals surface area contributed by atoms with Crippen LogP contribution in [0.25, 0.3) is 22.3 Å². The molecule has 0 radical (unpaired) electrons. The third kappa shape index (κ3) is 14.2. The highest BCUT2D eigenvalue weighted by atomic mass is 16.8. The molecule has 1 aromatic heterocycles. The Hall–Kier alpha value is -4.08. The number of hydrogen-bond acceptors (Lipinski definition) is 21. The Labute approximate surface area is 410 Å². The van der Waals surface area contributed by atoms with Gasteiger partial charge in [-0.2, -0.15) is 0 Å². The molecule has 4 heterocycles. The molecule has 3 aliphatic rings. The first-order valence-electron chi connectivity index (χ1n) is 24.5. The van der Waals surface area contributed by atoms with Crippen molar-refractivity contribution in [2.45, 2.75) is 189 Å². The van der Waals surface area contributed by atoms with Gasteiger partial charge in [-0.1, -0.05) is 84.0 Å². The quantitative estimate of drug-likeness (QED) is 0.0187. The second-order valence-electron chi connectivity index (χ2n) is 18.4. The molecule has 0 bridgehead atoms. The lowest BCUT2D eigenvalue weighted by molar-refractivity contribution is -0.357. The van der Waals surface area contributed by atoms with Crippen molar-refractivity contribution in [1.82, 2.24) is 0 Å². The van der Waals surface area contributed by atoms with Gasteiger partial charge in [-0.25, -0.2) is 4.42 Å². The number of benzene rings is 2. The van der Waals surface area contributed by atoms with Crippen LogP contribution in [0.1, 0.15) is 96.8 Å². The van der Waals surface area contributed by atoms with Gasteiger partial charge in [0.25, 0.3) is 0 Å². The summed E-state index contributed by atoms with van der Waals surface area (Å²) >= 11 is 0. The minimum atomic E-state index is -1.99. The summed E-state index contributed by atoms with van der Waals surface area (Å²) in [5.41, 5.74) is -0.0898. The van der Waals surface area contributed by atoms with Gasteiger partial charge >= 0.3 is 17.3 Å². The van der Waals surface area contributed by atoms with Gasteiger partial charge in [0, 0.05) is 24.6 Å². The molecular weight excluding hydrogens is 941 g/mol. The molecule has 2 aromatic carbocycles. The van der Waals surface area contributed by atoms with E-state index in [1.54, 1.807) is 0 Å². The van der Waals surface area contributed by atoms with Gasteiger partial charge in [-0.05, 0) is 18.6 Å². The Bertz CT molecular complexity index is 2120. The van der Waals surface area contributed by atoms with E-state index in [0.29, 0.717) is 6.42 Å². The number of unbranched alkanes of at least 4 members (excludes halogenated alkanes) is 12. The summed E-state index contributed by atoms with van der Waals surface area (Å²) in [5, 5.41) is 137. The highest BCUT2D eigenvalue weighted by molar-refractivity contribution is 5.89. The molecule has 15 atom stereocenters. The van der Waals surface area contributed by atoms with Crippen molar-refractivity contribution >= 4 is 16.9 Å². The average Bonchev–Trinajstić information content (AvgIpc) is 3.35. The molecule has 398 valence electrons. The topological polar surface area (TPSA) is 356 Å². The lowest BCUT2D eigenvalue weighted by Gasteiger charge is -2.45. The van der Waals surface area contributed by atoms with Crippen LogP contribution in [0.2, 0.25) is 0 Å². The molecule has 22 nitrogen and oxygen atoms in total. The number of ether oxygens (including phenoxy) is 7. The molecular formula is C49H71O22+. The average molecular weight is 1010 g/mol. The summed E-state index contributed by atoms with van der Waals surface area (Å²) in [6.45, 7) is -0.290. The standard InChI is InChI=1S/C49H70O22/c1-2-3-4-5-6-7-8-9-10-11-12-13-14-15-36(55)64-26-19-30-27(31(20-26)66-47-43(62)40(59)37(56)33(22-50)68-47)21-32(45(65-30)25-16-17-28(53)29(54)18-25)67-49-46(42(61)39(58)35(24-52)70-49)71-48-44(63)41(60)38(57)34(23-51)69-48/h16-21,33-35,37-44,46-52,56-63H,2-15,22-24H2,1H3,(H-,53,54)/p+1/t33-,34-,35-,37-,38-,39-,40+,41+,42+,43-,44-,46-,47-,48+,49-/m1/s1. The Kier molecular flexibility index (Phi) is 21.2. The van der Waals surface area contributed by atoms with E-state index in [4.69, 9.17) is 37.6 Å². The second-order valence-corrected chi connectivity index (χ2v) is 18.4. The second kappa shape index (κ2) is 26.7. The zero-order valence-electron chi connectivity index (χ0n) is 39.6. The van der Waals surface area contributed by atoms with Crippen molar-refractivity contribution < 1.29 is 109 Å². The van der Waals surface area contributed by atoms with E-state index in [9.17, 15) is 71.2 Å². The molecule has 6 rings (SSSR count). The predicted molar refractivity (Wildman–Crippen MR) is 247 cm³/mol. The fourth-order valence-corrected chi connectivity index (χ4v) is 8.79. The van der Waals surface area contributed by atoms with Crippen molar-refractivity contribution in [1.29, 1.82) is 0 Å². The minimum Gasteiger partial charge on any atom is -0.504 e. The summed E-state index contributed by atoms with van der Waals surface area (Å²) in [6, 6.07) is 7.35. The zero-order valence-corrected chi connectivity index (χ0v) is 39.6. The smallest absolute Gasteiger partial charge is 0.402 e. The normalized spacial score (nSPS) is 31.1.